The fourth-order valence-electron chi connectivity index (χ4n) is 2.26. The molecule has 100 valence electrons. The average molecular weight is 263 g/mol. The van der Waals surface area contributed by atoms with Crippen LogP contribution in [0.4, 0.5) is 0 Å². The lowest BCUT2D eigenvalue weighted by Gasteiger charge is -2.08. The Labute approximate surface area is 118 Å². The predicted octanol–water partition coefficient (Wildman–Crippen LogP) is 3.23. The van der Waals surface area contributed by atoms with Crippen LogP contribution in [0.25, 0.3) is 10.8 Å². The first kappa shape index (κ1) is 12.8. The number of rotatable bonds is 4. The first-order valence-electron chi connectivity index (χ1n) is 6.77. The third kappa shape index (κ3) is 2.83. The fraction of sp³-hybridized carbons (Fsp3) is 0.176. The molecule has 0 amide bonds. The zero-order chi connectivity index (χ0) is 13.8. The van der Waals surface area contributed by atoms with Gasteiger partial charge in [-0.2, -0.15) is 0 Å². The number of nitrogens with one attached hydrogen (secondary N) is 1. The Morgan fingerprint density at radius 3 is 2.70 bits per heavy atom. The summed E-state index contributed by atoms with van der Waals surface area (Å²) in [5.41, 5.74) is 3.47. The summed E-state index contributed by atoms with van der Waals surface area (Å²) in [5.74, 6) is 0. The van der Waals surface area contributed by atoms with Gasteiger partial charge in [0.15, 0.2) is 0 Å². The SMILES string of the molecule is Cc1ccc(CNCc2cncc3ccccc23)cn1. The van der Waals surface area contributed by atoms with Crippen molar-refractivity contribution in [3.8, 4) is 0 Å². The Bertz CT molecular complexity index is 700. The molecule has 3 nitrogen and oxygen atoms in total. The number of benzene rings is 1. The van der Waals surface area contributed by atoms with Crippen LogP contribution in [0.2, 0.25) is 0 Å². The van der Waals surface area contributed by atoms with Crippen LogP contribution in [-0.4, -0.2) is 9.97 Å². The molecule has 3 heteroatoms. The molecule has 0 aliphatic rings. The van der Waals surface area contributed by atoms with Crippen molar-refractivity contribution in [3.05, 3.63) is 71.8 Å². The standard InChI is InChI=1S/C17H17N3/c1-13-6-7-14(9-20-13)8-18-11-16-12-19-10-15-4-2-3-5-17(15)16/h2-7,9-10,12,18H,8,11H2,1H3. The molecular weight excluding hydrogens is 246 g/mol. The van der Waals surface area contributed by atoms with Gasteiger partial charge in [0.25, 0.3) is 0 Å². The molecule has 0 unspecified atom stereocenters. The van der Waals surface area contributed by atoms with E-state index in [1.807, 2.05) is 37.6 Å². The summed E-state index contributed by atoms with van der Waals surface area (Å²) in [6.07, 6.45) is 5.76. The highest BCUT2D eigenvalue weighted by atomic mass is 14.9. The summed E-state index contributed by atoms with van der Waals surface area (Å²) in [6.45, 7) is 3.62. The van der Waals surface area contributed by atoms with Crippen molar-refractivity contribution >= 4 is 10.8 Å². The summed E-state index contributed by atoms with van der Waals surface area (Å²) >= 11 is 0. The Morgan fingerprint density at radius 1 is 0.950 bits per heavy atom. The Balaban J connectivity index is 1.69. The van der Waals surface area contributed by atoms with Crippen LogP contribution in [0.5, 0.6) is 0 Å². The van der Waals surface area contributed by atoms with Crippen molar-refractivity contribution in [2.45, 2.75) is 20.0 Å². The molecule has 0 saturated heterocycles. The molecule has 0 aliphatic heterocycles. The topological polar surface area (TPSA) is 37.8 Å². The minimum Gasteiger partial charge on any atom is -0.308 e. The third-order valence-electron chi connectivity index (χ3n) is 3.37. The van der Waals surface area contributed by atoms with E-state index in [0.29, 0.717) is 0 Å². The smallest absolute Gasteiger partial charge is 0.0372 e. The number of nitrogens with zero attached hydrogens (tertiary/aromatic N) is 2. The second kappa shape index (κ2) is 5.80. The second-order valence-corrected chi connectivity index (χ2v) is 4.93. The minimum atomic E-state index is 0.808. The van der Waals surface area contributed by atoms with Gasteiger partial charge in [-0.25, -0.2) is 0 Å². The van der Waals surface area contributed by atoms with Crippen molar-refractivity contribution in [2.24, 2.45) is 0 Å². The van der Waals surface area contributed by atoms with Crippen LogP contribution in [-0.2, 0) is 13.1 Å². The van der Waals surface area contributed by atoms with E-state index in [1.54, 1.807) is 0 Å². The Morgan fingerprint density at radius 2 is 1.85 bits per heavy atom. The molecule has 0 saturated carbocycles. The van der Waals surface area contributed by atoms with Crippen LogP contribution in [0, 0.1) is 6.92 Å². The van der Waals surface area contributed by atoms with Gasteiger partial charge >= 0.3 is 0 Å². The Hall–Kier alpha value is -2.26. The Kier molecular flexibility index (Phi) is 3.70. The predicted molar refractivity (Wildman–Crippen MR) is 81.3 cm³/mol. The molecule has 2 aromatic heterocycles. The number of pyridine rings is 2. The van der Waals surface area contributed by atoms with Crippen LogP contribution in [0.1, 0.15) is 16.8 Å². The maximum Gasteiger partial charge on any atom is 0.0372 e. The van der Waals surface area contributed by atoms with Gasteiger partial charge in [-0.1, -0.05) is 30.3 Å². The van der Waals surface area contributed by atoms with Gasteiger partial charge in [0, 0.05) is 42.8 Å². The van der Waals surface area contributed by atoms with E-state index in [2.05, 4.69) is 39.6 Å². The maximum atomic E-state index is 4.30. The van der Waals surface area contributed by atoms with E-state index in [0.717, 1.165) is 18.8 Å². The molecule has 0 spiro atoms. The number of aromatic nitrogens is 2. The lowest BCUT2D eigenvalue weighted by atomic mass is 10.1. The minimum absolute atomic E-state index is 0.808. The zero-order valence-corrected chi connectivity index (χ0v) is 11.5. The summed E-state index contributed by atoms with van der Waals surface area (Å²) in [7, 11) is 0. The third-order valence-corrected chi connectivity index (χ3v) is 3.37. The molecule has 1 aromatic carbocycles. The van der Waals surface area contributed by atoms with E-state index in [-0.39, 0.29) is 0 Å². The van der Waals surface area contributed by atoms with Gasteiger partial charge in [-0.15, -0.1) is 0 Å². The van der Waals surface area contributed by atoms with Crippen LogP contribution in [0.3, 0.4) is 0 Å². The molecule has 3 rings (SSSR count). The molecule has 0 aliphatic carbocycles. The number of fused-ring (bicyclic) bond motifs is 1. The summed E-state index contributed by atoms with van der Waals surface area (Å²) < 4.78 is 0. The van der Waals surface area contributed by atoms with Gasteiger partial charge in [-0.05, 0) is 29.5 Å². The monoisotopic (exact) mass is 263 g/mol. The van der Waals surface area contributed by atoms with Gasteiger partial charge in [0.05, 0.1) is 0 Å². The molecule has 1 N–H and O–H groups in total. The van der Waals surface area contributed by atoms with Crippen LogP contribution < -0.4 is 5.32 Å². The molecular formula is C17H17N3. The van der Waals surface area contributed by atoms with Gasteiger partial charge < -0.3 is 5.32 Å². The summed E-state index contributed by atoms with van der Waals surface area (Å²) in [4.78, 5) is 8.60. The molecule has 0 bridgehead atoms. The zero-order valence-electron chi connectivity index (χ0n) is 11.5. The highest BCUT2D eigenvalue weighted by Gasteiger charge is 2.01. The van der Waals surface area contributed by atoms with Gasteiger partial charge in [0.1, 0.15) is 0 Å². The van der Waals surface area contributed by atoms with Crippen molar-refractivity contribution in [2.75, 3.05) is 0 Å². The lowest BCUT2D eigenvalue weighted by molar-refractivity contribution is 0.692. The highest BCUT2D eigenvalue weighted by molar-refractivity contribution is 5.84. The molecule has 0 radical (unpaired) electrons. The lowest BCUT2D eigenvalue weighted by Crippen LogP contribution is -2.13. The van der Waals surface area contributed by atoms with Crippen molar-refractivity contribution in [1.29, 1.82) is 0 Å². The molecule has 3 aromatic rings. The molecule has 2 heterocycles. The highest BCUT2D eigenvalue weighted by Crippen LogP contribution is 2.16. The molecule has 20 heavy (non-hydrogen) atoms. The van der Waals surface area contributed by atoms with Crippen molar-refractivity contribution in [1.82, 2.24) is 15.3 Å². The van der Waals surface area contributed by atoms with E-state index in [1.165, 1.54) is 21.9 Å². The molecule has 0 fully saturated rings. The average Bonchev–Trinajstić information content (AvgIpc) is 2.49. The fourth-order valence-corrected chi connectivity index (χ4v) is 2.26. The number of hydrogen-bond donors (Lipinski definition) is 1. The van der Waals surface area contributed by atoms with E-state index >= 15 is 0 Å². The van der Waals surface area contributed by atoms with E-state index in [9.17, 15) is 0 Å². The number of hydrogen-bond acceptors (Lipinski definition) is 3. The second-order valence-electron chi connectivity index (χ2n) is 4.93. The van der Waals surface area contributed by atoms with E-state index < -0.39 is 0 Å². The maximum absolute atomic E-state index is 4.30. The van der Waals surface area contributed by atoms with Gasteiger partial charge in [-0.3, -0.25) is 9.97 Å². The quantitative estimate of drug-likeness (QED) is 0.785. The normalized spacial score (nSPS) is 10.8. The van der Waals surface area contributed by atoms with Crippen LogP contribution >= 0.6 is 0 Å². The van der Waals surface area contributed by atoms with Crippen molar-refractivity contribution in [3.63, 3.8) is 0 Å². The largest absolute Gasteiger partial charge is 0.308 e. The van der Waals surface area contributed by atoms with Crippen LogP contribution in [0.15, 0.2) is 55.0 Å². The van der Waals surface area contributed by atoms with E-state index in [4.69, 9.17) is 0 Å². The summed E-state index contributed by atoms with van der Waals surface area (Å²) in [5, 5.41) is 5.89. The first-order chi connectivity index (χ1) is 9.83. The van der Waals surface area contributed by atoms with Gasteiger partial charge in [0.2, 0.25) is 0 Å². The molecule has 0 atom stereocenters. The first-order valence-corrected chi connectivity index (χ1v) is 6.77. The number of aryl methyl sites for hydroxylation is 1. The van der Waals surface area contributed by atoms with Crippen molar-refractivity contribution < 1.29 is 0 Å². The summed E-state index contributed by atoms with van der Waals surface area (Å²) in [6, 6.07) is 12.5.